The molecule has 102 valence electrons. The smallest absolute Gasteiger partial charge is 0.242 e. The van der Waals surface area contributed by atoms with E-state index in [2.05, 4.69) is 9.71 Å². The molecule has 0 atom stereocenters. The van der Waals surface area contributed by atoms with Gasteiger partial charge in [0.1, 0.15) is 9.90 Å². The van der Waals surface area contributed by atoms with Crippen LogP contribution in [0.2, 0.25) is 5.02 Å². The van der Waals surface area contributed by atoms with E-state index in [0.29, 0.717) is 10.7 Å². The molecule has 8 heteroatoms. The number of benzene rings is 1. The van der Waals surface area contributed by atoms with Crippen LogP contribution in [0.15, 0.2) is 28.6 Å². The van der Waals surface area contributed by atoms with Crippen LogP contribution < -0.4 is 10.5 Å². The van der Waals surface area contributed by atoms with Crippen LogP contribution in [0.1, 0.15) is 10.6 Å². The van der Waals surface area contributed by atoms with Gasteiger partial charge in [0.25, 0.3) is 0 Å². The Kier molecular flexibility index (Phi) is 4.10. The Morgan fingerprint density at radius 1 is 1.47 bits per heavy atom. The quantitative estimate of drug-likeness (QED) is 0.846. The Hall–Kier alpha value is -1.15. The number of aryl methyl sites for hydroxylation is 1. The Morgan fingerprint density at radius 3 is 2.84 bits per heavy atom. The van der Waals surface area contributed by atoms with Gasteiger partial charge in [0, 0.05) is 17.3 Å². The number of aromatic nitrogens is 1. The molecule has 0 spiro atoms. The van der Waals surface area contributed by atoms with E-state index in [4.69, 9.17) is 17.3 Å². The minimum absolute atomic E-state index is 0.0196. The van der Waals surface area contributed by atoms with E-state index in [1.807, 2.05) is 0 Å². The Balaban J connectivity index is 2.27. The minimum atomic E-state index is -3.70. The predicted molar refractivity (Wildman–Crippen MR) is 76.7 cm³/mol. The van der Waals surface area contributed by atoms with E-state index in [9.17, 15) is 8.42 Å². The van der Waals surface area contributed by atoms with Crippen LogP contribution in [-0.4, -0.2) is 13.4 Å². The van der Waals surface area contributed by atoms with Gasteiger partial charge in [-0.1, -0.05) is 11.6 Å². The molecule has 2 aromatic rings. The van der Waals surface area contributed by atoms with Crippen LogP contribution in [0, 0.1) is 6.92 Å². The first-order valence-corrected chi connectivity index (χ1v) is 8.08. The third-order valence-corrected chi connectivity index (χ3v) is 5.15. The van der Waals surface area contributed by atoms with Crippen molar-refractivity contribution in [2.75, 3.05) is 5.73 Å². The average molecular weight is 318 g/mol. The number of anilines is 1. The fourth-order valence-electron chi connectivity index (χ4n) is 1.45. The number of thiazole rings is 1. The molecular formula is C11H12ClN3O2S2. The first-order valence-electron chi connectivity index (χ1n) is 5.34. The minimum Gasteiger partial charge on any atom is -0.398 e. The van der Waals surface area contributed by atoms with Crippen molar-refractivity contribution in [3.8, 4) is 0 Å². The highest BCUT2D eigenvalue weighted by atomic mass is 35.5. The molecule has 19 heavy (non-hydrogen) atoms. The summed E-state index contributed by atoms with van der Waals surface area (Å²) >= 11 is 7.33. The number of hydrogen-bond acceptors (Lipinski definition) is 5. The zero-order valence-electron chi connectivity index (χ0n) is 10.1. The maximum atomic E-state index is 12.1. The van der Waals surface area contributed by atoms with Gasteiger partial charge in [-0.3, -0.25) is 0 Å². The number of nitrogens with two attached hydrogens (primary N) is 1. The van der Waals surface area contributed by atoms with Crippen LogP contribution in [-0.2, 0) is 16.6 Å². The van der Waals surface area contributed by atoms with Crippen molar-refractivity contribution in [1.29, 1.82) is 0 Å². The van der Waals surface area contributed by atoms with E-state index < -0.39 is 10.0 Å². The van der Waals surface area contributed by atoms with E-state index in [1.165, 1.54) is 23.5 Å². The molecule has 0 radical (unpaired) electrons. The summed E-state index contributed by atoms with van der Waals surface area (Å²) in [5.41, 5.74) is 6.84. The van der Waals surface area contributed by atoms with E-state index in [1.54, 1.807) is 18.5 Å². The third-order valence-electron chi connectivity index (χ3n) is 2.51. The van der Waals surface area contributed by atoms with Gasteiger partial charge in [-0.05, 0) is 24.6 Å². The van der Waals surface area contributed by atoms with Gasteiger partial charge in [-0.15, -0.1) is 11.3 Å². The molecule has 0 aliphatic rings. The summed E-state index contributed by atoms with van der Waals surface area (Å²) in [5, 5.41) is 2.61. The third kappa shape index (κ3) is 3.24. The summed E-state index contributed by atoms with van der Waals surface area (Å²) < 4.78 is 26.7. The number of halogens is 1. The molecule has 5 nitrogen and oxygen atoms in total. The monoisotopic (exact) mass is 317 g/mol. The van der Waals surface area contributed by atoms with Crippen LogP contribution in [0.4, 0.5) is 5.69 Å². The molecule has 1 heterocycles. The molecule has 3 N–H and O–H groups in total. The molecule has 0 saturated heterocycles. The SMILES string of the molecule is Cc1cc(Cl)c(S(=O)(=O)NCc2nccs2)cc1N. The van der Waals surface area contributed by atoms with Crippen molar-refractivity contribution >= 4 is 38.6 Å². The summed E-state index contributed by atoms with van der Waals surface area (Å²) in [4.78, 5) is 3.98. The van der Waals surface area contributed by atoms with Gasteiger partial charge in [0.05, 0.1) is 11.6 Å². The maximum absolute atomic E-state index is 12.1. The van der Waals surface area contributed by atoms with Crippen LogP contribution in [0.25, 0.3) is 0 Å². The Bertz CT molecular complexity index is 684. The van der Waals surface area contributed by atoms with Crippen LogP contribution in [0.3, 0.4) is 0 Å². The van der Waals surface area contributed by atoms with Gasteiger partial charge >= 0.3 is 0 Å². The molecule has 0 amide bonds. The highest BCUT2D eigenvalue weighted by Gasteiger charge is 2.19. The Labute approximate surface area is 120 Å². The number of nitrogens with zero attached hydrogens (tertiary/aromatic N) is 1. The average Bonchev–Trinajstić information content (AvgIpc) is 2.84. The lowest BCUT2D eigenvalue weighted by Gasteiger charge is -2.09. The summed E-state index contributed by atoms with van der Waals surface area (Å²) in [6, 6.07) is 2.90. The van der Waals surface area contributed by atoms with Gasteiger partial charge in [0.15, 0.2) is 0 Å². The van der Waals surface area contributed by atoms with E-state index >= 15 is 0 Å². The standard InChI is InChI=1S/C11H12ClN3O2S2/c1-7-4-8(12)10(5-9(7)13)19(16,17)15-6-11-14-2-3-18-11/h2-5,15H,6,13H2,1H3. The molecule has 2 rings (SSSR count). The van der Waals surface area contributed by atoms with Crippen molar-refractivity contribution in [1.82, 2.24) is 9.71 Å². The second-order valence-electron chi connectivity index (χ2n) is 3.89. The van der Waals surface area contributed by atoms with Crippen molar-refractivity contribution in [2.45, 2.75) is 18.4 Å². The highest BCUT2D eigenvalue weighted by molar-refractivity contribution is 7.89. The number of nitrogen functional groups attached to an aromatic ring is 1. The fraction of sp³-hybridized carbons (Fsp3) is 0.182. The topological polar surface area (TPSA) is 85.1 Å². The number of rotatable bonds is 4. The summed E-state index contributed by atoms with van der Waals surface area (Å²) in [6.45, 7) is 1.89. The highest BCUT2D eigenvalue weighted by Crippen LogP contribution is 2.26. The molecular weight excluding hydrogens is 306 g/mol. The first-order chi connectivity index (χ1) is 8.90. The van der Waals surface area contributed by atoms with Gasteiger partial charge in [0.2, 0.25) is 10.0 Å². The number of sulfonamides is 1. The van der Waals surface area contributed by atoms with Gasteiger partial charge in [-0.25, -0.2) is 18.1 Å². The zero-order valence-corrected chi connectivity index (χ0v) is 12.4. The molecule has 0 aliphatic carbocycles. The molecule has 0 aliphatic heterocycles. The second-order valence-corrected chi connectivity index (χ2v) is 7.01. The van der Waals surface area contributed by atoms with E-state index in [-0.39, 0.29) is 16.5 Å². The van der Waals surface area contributed by atoms with Crippen molar-refractivity contribution < 1.29 is 8.42 Å². The summed E-state index contributed by atoms with van der Waals surface area (Å²) in [7, 11) is -3.70. The van der Waals surface area contributed by atoms with Gasteiger partial charge in [-0.2, -0.15) is 0 Å². The summed E-state index contributed by atoms with van der Waals surface area (Å²) in [5.74, 6) is 0. The first kappa shape index (κ1) is 14.3. The second kappa shape index (κ2) is 5.46. The van der Waals surface area contributed by atoms with Crippen LogP contribution >= 0.6 is 22.9 Å². The molecule has 1 aromatic carbocycles. The molecule has 1 aromatic heterocycles. The van der Waals surface area contributed by atoms with Crippen molar-refractivity contribution in [3.63, 3.8) is 0 Å². The zero-order chi connectivity index (χ0) is 14.0. The predicted octanol–water partition coefficient (Wildman–Crippen LogP) is 2.17. The number of nitrogens with one attached hydrogen (secondary N) is 1. The lowest BCUT2D eigenvalue weighted by Crippen LogP contribution is -2.23. The maximum Gasteiger partial charge on any atom is 0.242 e. The number of hydrogen-bond donors (Lipinski definition) is 2. The van der Waals surface area contributed by atoms with Crippen molar-refractivity contribution in [2.24, 2.45) is 0 Å². The summed E-state index contributed by atoms with van der Waals surface area (Å²) in [6.07, 6.45) is 1.62. The molecule has 0 unspecified atom stereocenters. The molecule has 0 saturated carbocycles. The fourth-order valence-corrected chi connectivity index (χ4v) is 3.70. The molecule has 0 fully saturated rings. The normalized spacial score (nSPS) is 11.7. The molecule has 0 bridgehead atoms. The van der Waals surface area contributed by atoms with Crippen molar-refractivity contribution in [3.05, 3.63) is 39.3 Å². The lowest BCUT2D eigenvalue weighted by atomic mass is 10.2. The lowest BCUT2D eigenvalue weighted by molar-refractivity contribution is 0.581. The van der Waals surface area contributed by atoms with Gasteiger partial charge < -0.3 is 5.73 Å². The van der Waals surface area contributed by atoms with Crippen LogP contribution in [0.5, 0.6) is 0 Å². The largest absolute Gasteiger partial charge is 0.398 e. The van der Waals surface area contributed by atoms with E-state index in [0.717, 1.165) is 5.56 Å². The Morgan fingerprint density at radius 2 is 2.21 bits per heavy atom.